The molecule has 0 unspecified atom stereocenters. The lowest BCUT2D eigenvalue weighted by atomic mass is 10.1. The van der Waals surface area contributed by atoms with Crippen molar-refractivity contribution in [2.45, 2.75) is 17.3 Å². The average Bonchev–Trinajstić information content (AvgIpc) is 2.65. The van der Waals surface area contributed by atoms with Crippen LogP contribution in [0.3, 0.4) is 0 Å². The van der Waals surface area contributed by atoms with E-state index in [9.17, 15) is 9.59 Å². The molecule has 0 saturated carbocycles. The Hall–Kier alpha value is -3.12. The molecule has 0 spiro atoms. The van der Waals surface area contributed by atoms with E-state index in [4.69, 9.17) is 5.11 Å². The van der Waals surface area contributed by atoms with Gasteiger partial charge in [0.05, 0.1) is 5.69 Å². The summed E-state index contributed by atoms with van der Waals surface area (Å²) in [5, 5.41) is 9.29. The number of hydrogen-bond acceptors (Lipinski definition) is 4. The van der Waals surface area contributed by atoms with Crippen LogP contribution in [0.4, 0.5) is 0 Å². The summed E-state index contributed by atoms with van der Waals surface area (Å²) in [7, 11) is 0. The fraction of sp³-hybridized carbons (Fsp3) is 0.0952. The van der Waals surface area contributed by atoms with Crippen LogP contribution < -0.4 is 5.56 Å². The fourth-order valence-corrected chi connectivity index (χ4v) is 3.39. The molecule has 0 bridgehead atoms. The van der Waals surface area contributed by atoms with Crippen LogP contribution in [0.15, 0.2) is 76.7 Å². The summed E-state index contributed by atoms with van der Waals surface area (Å²) >= 11 is 1.44. The van der Waals surface area contributed by atoms with E-state index < -0.39 is 5.97 Å². The summed E-state index contributed by atoms with van der Waals surface area (Å²) in [5.74, 6) is -0.362. The molecule has 0 aliphatic rings. The van der Waals surface area contributed by atoms with Crippen LogP contribution in [0.2, 0.25) is 0 Å². The van der Waals surface area contributed by atoms with Gasteiger partial charge in [-0.05, 0) is 22.8 Å². The molecular weight excluding hydrogens is 360 g/mol. The number of carbonyl (C=O) groups is 1. The molecule has 27 heavy (non-hydrogen) atoms. The molecule has 2 aromatic carbocycles. The van der Waals surface area contributed by atoms with Crippen molar-refractivity contribution in [3.8, 4) is 0 Å². The van der Waals surface area contributed by atoms with E-state index in [1.807, 2.05) is 54.6 Å². The highest BCUT2D eigenvalue weighted by Gasteiger charge is 2.05. The minimum absolute atomic E-state index is 0.170. The molecule has 0 aliphatic carbocycles. The molecular formula is C21H18N2O3S. The predicted molar refractivity (Wildman–Crippen MR) is 107 cm³/mol. The molecule has 0 fully saturated rings. The Kier molecular flexibility index (Phi) is 6.22. The molecule has 0 aliphatic heterocycles. The lowest BCUT2D eigenvalue weighted by molar-refractivity contribution is -0.131. The molecule has 0 atom stereocenters. The highest BCUT2D eigenvalue weighted by molar-refractivity contribution is 7.98. The fourth-order valence-electron chi connectivity index (χ4n) is 2.55. The normalized spacial score (nSPS) is 11.0. The van der Waals surface area contributed by atoms with E-state index in [-0.39, 0.29) is 5.56 Å². The van der Waals surface area contributed by atoms with Crippen LogP contribution in [0.25, 0.3) is 6.08 Å². The van der Waals surface area contributed by atoms with Crippen molar-refractivity contribution in [3.63, 3.8) is 0 Å². The highest BCUT2D eigenvalue weighted by Crippen LogP contribution is 2.20. The number of carboxylic acid groups (broad SMARTS) is 1. The molecule has 1 heterocycles. The lowest BCUT2D eigenvalue weighted by Gasteiger charge is -2.05. The van der Waals surface area contributed by atoms with Crippen molar-refractivity contribution >= 4 is 23.8 Å². The van der Waals surface area contributed by atoms with Gasteiger partial charge in [-0.15, -0.1) is 0 Å². The first-order chi connectivity index (χ1) is 13.1. The zero-order valence-corrected chi connectivity index (χ0v) is 15.3. The Labute approximate surface area is 160 Å². The number of benzene rings is 2. The molecule has 136 valence electrons. The van der Waals surface area contributed by atoms with Crippen LogP contribution in [0.1, 0.15) is 22.4 Å². The van der Waals surface area contributed by atoms with Gasteiger partial charge in [-0.2, -0.15) is 0 Å². The molecule has 3 aromatic rings. The van der Waals surface area contributed by atoms with Crippen molar-refractivity contribution in [1.29, 1.82) is 0 Å². The van der Waals surface area contributed by atoms with Crippen LogP contribution in [0, 0.1) is 0 Å². The number of rotatable bonds is 7. The van der Waals surface area contributed by atoms with Gasteiger partial charge < -0.3 is 10.1 Å². The van der Waals surface area contributed by atoms with Gasteiger partial charge in [0.2, 0.25) is 0 Å². The maximum Gasteiger partial charge on any atom is 0.328 e. The average molecular weight is 378 g/mol. The molecule has 6 heteroatoms. The Morgan fingerprint density at radius 1 is 1.07 bits per heavy atom. The van der Waals surface area contributed by atoms with E-state index in [1.54, 1.807) is 6.08 Å². The quantitative estimate of drug-likeness (QED) is 0.372. The third-order valence-corrected chi connectivity index (χ3v) is 4.69. The minimum Gasteiger partial charge on any atom is -0.478 e. The van der Waals surface area contributed by atoms with Crippen molar-refractivity contribution in [3.05, 3.63) is 99.5 Å². The number of aromatic amines is 1. The van der Waals surface area contributed by atoms with Crippen LogP contribution in [-0.2, 0) is 17.0 Å². The second kappa shape index (κ2) is 9.00. The number of H-pyrrole nitrogens is 1. The van der Waals surface area contributed by atoms with E-state index in [0.717, 1.165) is 28.5 Å². The van der Waals surface area contributed by atoms with E-state index >= 15 is 0 Å². The number of aromatic nitrogens is 2. The van der Waals surface area contributed by atoms with Crippen LogP contribution in [0.5, 0.6) is 0 Å². The first-order valence-corrected chi connectivity index (χ1v) is 9.34. The van der Waals surface area contributed by atoms with Crippen molar-refractivity contribution in [2.75, 3.05) is 0 Å². The SMILES string of the molecule is O=C(O)/C=C/c1cccc(CSc2nc(Cc3ccccc3)cc(=O)[nH]2)c1. The number of hydrogen-bond donors (Lipinski definition) is 2. The van der Waals surface area contributed by atoms with E-state index in [0.29, 0.717) is 17.3 Å². The Morgan fingerprint density at radius 3 is 2.63 bits per heavy atom. The maximum absolute atomic E-state index is 11.9. The smallest absolute Gasteiger partial charge is 0.328 e. The first kappa shape index (κ1) is 18.7. The molecule has 0 radical (unpaired) electrons. The zero-order valence-electron chi connectivity index (χ0n) is 14.5. The molecule has 0 amide bonds. The summed E-state index contributed by atoms with van der Waals surface area (Å²) < 4.78 is 0. The molecule has 3 rings (SSSR count). The third-order valence-electron chi connectivity index (χ3n) is 3.75. The summed E-state index contributed by atoms with van der Waals surface area (Å²) in [6.07, 6.45) is 3.27. The maximum atomic E-state index is 11.9. The van der Waals surface area contributed by atoms with Crippen molar-refractivity contribution in [1.82, 2.24) is 9.97 Å². The van der Waals surface area contributed by atoms with Gasteiger partial charge in [-0.3, -0.25) is 4.79 Å². The zero-order chi connectivity index (χ0) is 19.1. The molecule has 2 N–H and O–H groups in total. The monoisotopic (exact) mass is 378 g/mol. The summed E-state index contributed by atoms with van der Waals surface area (Å²) in [6, 6.07) is 19.0. The summed E-state index contributed by atoms with van der Waals surface area (Å²) in [4.78, 5) is 29.9. The van der Waals surface area contributed by atoms with Crippen molar-refractivity contribution in [2.24, 2.45) is 0 Å². The lowest BCUT2D eigenvalue weighted by Crippen LogP contribution is -2.10. The molecule has 1 aromatic heterocycles. The second-order valence-electron chi connectivity index (χ2n) is 5.91. The van der Waals surface area contributed by atoms with Gasteiger partial charge in [0.25, 0.3) is 5.56 Å². The number of nitrogens with zero attached hydrogens (tertiary/aromatic N) is 1. The number of carboxylic acids is 1. The minimum atomic E-state index is -0.980. The number of nitrogens with one attached hydrogen (secondary N) is 1. The summed E-state index contributed by atoms with van der Waals surface area (Å²) in [6.45, 7) is 0. The van der Waals surface area contributed by atoms with Crippen LogP contribution in [-0.4, -0.2) is 21.0 Å². The van der Waals surface area contributed by atoms with Crippen molar-refractivity contribution < 1.29 is 9.90 Å². The van der Waals surface area contributed by atoms with Gasteiger partial charge in [0, 0.05) is 24.3 Å². The van der Waals surface area contributed by atoms with Gasteiger partial charge in [-0.25, -0.2) is 9.78 Å². The van der Waals surface area contributed by atoms with Gasteiger partial charge in [0.1, 0.15) is 0 Å². The van der Waals surface area contributed by atoms with Gasteiger partial charge >= 0.3 is 5.97 Å². The Morgan fingerprint density at radius 2 is 1.85 bits per heavy atom. The second-order valence-corrected chi connectivity index (χ2v) is 6.87. The van der Waals surface area contributed by atoms with Gasteiger partial charge in [0.15, 0.2) is 5.16 Å². The summed E-state index contributed by atoms with van der Waals surface area (Å²) in [5.41, 5.74) is 3.49. The molecule has 0 saturated heterocycles. The molecule has 5 nitrogen and oxygen atoms in total. The van der Waals surface area contributed by atoms with E-state index in [1.165, 1.54) is 17.8 Å². The topological polar surface area (TPSA) is 83.0 Å². The Balaban J connectivity index is 1.70. The highest BCUT2D eigenvalue weighted by atomic mass is 32.2. The van der Waals surface area contributed by atoms with Crippen LogP contribution >= 0.6 is 11.8 Å². The van der Waals surface area contributed by atoms with E-state index in [2.05, 4.69) is 9.97 Å². The first-order valence-electron chi connectivity index (χ1n) is 8.35. The number of thioether (sulfide) groups is 1. The Bertz CT molecular complexity index is 1010. The largest absolute Gasteiger partial charge is 0.478 e. The standard InChI is InChI=1S/C21H18N2O3S/c24-19-13-18(12-15-5-2-1-3-6-15)22-21(23-19)27-14-17-8-4-7-16(11-17)9-10-20(25)26/h1-11,13H,12,14H2,(H,25,26)(H,22,23,24)/b10-9+. The number of aliphatic carboxylic acids is 1. The predicted octanol–water partition coefficient (Wildman–Crippen LogP) is 3.75. The van der Waals surface area contributed by atoms with Gasteiger partial charge in [-0.1, -0.05) is 66.4 Å². The third kappa shape index (κ3) is 5.97.